The second-order valence-electron chi connectivity index (χ2n) is 8.40. The summed E-state index contributed by atoms with van der Waals surface area (Å²) in [7, 11) is -2.00. The van der Waals surface area contributed by atoms with Gasteiger partial charge in [0.05, 0.1) is 0 Å². The number of para-hydroxylation sites is 3. The molecule has 0 N–H and O–H groups in total. The van der Waals surface area contributed by atoms with Gasteiger partial charge in [-0.25, -0.2) is 0 Å². The van der Waals surface area contributed by atoms with Crippen molar-refractivity contribution in [2.24, 2.45) is 0 Å². The van der Waals surface area contributed by atoms with Crippen LogP contribution in [-0.2, 0) is 32.5 Å². The van der Waals surface area contributed by atoms with E-state index in [1.807, 2.05) is 97.1 Å². The Labute approximate surface area is 266 Å². The number of alkyl halides is 6. The molecule has 4 aromatic carbocycles. The number of rotatable bonds is 7. The third-order valence-corrected chi connectivity index (χ3v) is 6.48. The standard InChI is InChI=1S/C18H16O3P.C13H6F6N.CH3.Ir/c1-4-10-16(11-5-1)19-22(20-17-12-6-2-7-13-17)21-18-14-8-3-9-15-18;14-12(15,16)9-5-8(11-3-1-2-4-20-11)6-10(7-9)13(17,18)19;;/h1-15,22H;1-5,7H;1H3;/q+1;2*-1;. The van der Waals surface area contributed by atoms with Gasteiger partial charge in [0.2, 0.25) is 0 Å². The Hall–Kier alpha value is -3.91. The number of halogens is 6. The Morgan fingerprint density at radius 3 is 1.36 bits per heavy atom. The van der Waals surface area contributed by atoms with E-state index in [9.17, 15) is 26.3 Å². The van der Waals surface area contributed by atoms with E-state index in [0.29, 0.717) is 6.07 Å². The summed E-state index contributed by atoms with van der Waals surface area (Å²) >= 11 is 0. The predicted molar refractivity (Wildman–Crippen MR) is 154 cm³/mol. The van der Waals surface area contributed by atoms with Crippen molar-refractivity contribution in [3.8, 4) is 28.5 Å². The number of benzene rings is 4. The number of nitrogens with zero attached hydrogens (tertiary/aromatic N) is 1. The van der Waals surface area contributed by atoms with Gasteiger partial charge in [-0.3, -0.25) is 13.6 Å². The maximum Gasteiger partial charge on any atom is 0.528 e. The van der Waals surface area contributed by atoms with E-state index in [1.165, 1.54) is 24.4 Å². The van der Waals surface area contributed by atoms with Gasteiger partial charge in [0.25, 0.3) is 0 Å². The van der Waals surface area contributed by atoms with Gasteiger partial charge in [0.1, 0.15) is 0 Å². The molecule has 0 aliphatic rings. The van der Waals surface area contributed by atoms with Gasteiger partial charge in [-0.05, 0) is 59.3 Å². The summed E-state index contributed by atoms with van der Waals surface area (Å²) in [6.07, 6.45) is -8.51. The zero-order chi connectivity index (χ0) is 30.0. The second kappa shape index (κ2) is 16.8. The van der Waals surface area contributed by atoms with E-state index in [0.717, 1.165) is 17.2 Å². The van der Waals surface area contributed by atoms with Gasteiger partial charge >= 0.3 is 21.0 Å². The summed E-state index contributed by atoms with van der Waals surface area (Å²) in [5.41, 5.74) is -3.23. The first-order valence-corrected chi connectivity index (χ1v) is 13.5. The molecule has 233 valence electrons. The van der Waals surface area contributed by atoms with E-state index in [-0.39, 0.29) is 44.9 Å². The fourth-order valence-electron chi connectivity index (χ4n) is 3.36. The topological polar surface area (TPSA) is 40.6 Å². The minimum atomic E-state index is -4.91. The molecule has 1 heterocycles. The average molecular weight is 809 g/mol. The Bertz CT molecular complexity index is 1400. The first-order chi connectivity index (χ1) is 20.1. The van der Waals surface area contributed by atoms with Crippen molar-refractivity contribution >= 4 is 8.60 Å². The first-order valence-electron chi connectivity index (χ1n) is 12.3. The molecule has 0 aliphatic heterocycles. The van der Waals surface area contributed by atoms with E-state index in [2.05, 4.69) is 4.98 Å². The molecule has 5 aromatic rings. The Morgan fingerprint density at radius 1 is 0.568 bits per heavy atom. The summed E-state index contributed by atoms with van der Waals surface area (Å²) in [5, 5.41) is 0. The molecule has 0 atom stereocenters. The number of hydrogen-bond acceptors (Lipinski definition) is 4. The second-order valence-corrected chi connectivity index (χ2v) is 9.51. The maximum absolute atomic E-state index is 12.7. The molecule has 4 nitrogen and oxygen atoms in total. The monoisotopic (exact) mass is 809 g/mol. The van der Waals surface area contributed by atoms with Crippen LogP contribution in [0.5, 0.6) is 17.2 Å². The summed E-state index contributed by atoms with van der Waals surface area (Å²) in [4.78, 5) is 3.73. The third-order valence-electron chi connectivity index (χ3n) is 5.28. The van der Waals surface area contributed by atoms with Gasteiger partial charge in [-0.2, -0.15) is 26.3 Å². The summed E-state index contributed by atoms with van der Waals surface area (Å²) in [6, 6.07) is 35.4. The molecule has 0 saturated heterocycles. The minimum Gasteiger partial charge on any atom is -0.358 e. The van der Waals surface area contributed by atoms with Crippen molar-refractivity contribution in [1.29, 1.82) is 0 Å². The molecule has 5 rings (SSSR count). The number of pyridine rings is 1. The molecule has 0 saturated carbocycles. The summed E-state index contributed by atoms with van der Waals surface area (Å²) in [6.45, 7) is 0. The van der Waals surface area contributed by atoms with Gasteiger partial charge in [-0.15, -0.1) is 23.8 Å². The molecule has 1 radical (unpaired) electrons. The van der Waals surface area contributed by atoms with E-state index in [4.69, 9.17) is 13.6 Å². The van der Waals surface area contributed by atoms with Crippen LogP contribution in [0.4, 0.5) is 26.3 Å². The molecule has 0 aliphatic carbocycles. The molecule has 44 heavy (non-hydrogen) atoms. The van der Waals surface area contributed by atoms with Crippen LogP contribution in [-0.4, -0.2) is 4.98 Å². The van der Waals surface area contributed by atoms with E-state index < -0.39 is 32.1 Å². The van der Waals surface area contributed by atoms with Crippen LogP contribution in [0.15, 0.2) is 128 Å². The predicted octanol–water partition coefficient (Wildman–Crippen LogP) is 10.2. The van der Waals surface area contributed by atoms with Crippen molar-refractivity contribution in [3.05, 3.63) is 152 Å². The average Bonchev–Trinajstić information content (AvgIpc) is 2.98. The third kappa shape index (κ3) is 11.3. The molecule has 0 fully saturated rings. The zero-order valence-electron chi connectivity index (χ0n) is 22.9. The van der Waals surface area contributed by atoms with Crippen molar-refractivity contribution in [1.82, 2.24) is 4.98 Å². The molecule has 0 unspecified atom stereocenters. The Kier molecular flexibility index (Phi) is 13.9. The van der Waals surface area contributed by atoms with E-state index >= 15 is 0 Å². The maximum atomic E-state index is 12.7. The van der Waals surface area contributed by atoms with Crippen molar-refractivity contribution in [3.63, 3.8) is 0 Å². The van der Waals surface area contributed by atoms with Crippen LogP contribution in [0, 0.1) is 13.5 Å². The minimum absolute atomic E-state index is 0. The molecule has 0 spiro atoms. The van der Waals surface area contributed by atoms with Gasteiger partial charge in [0, 0.05) is 26.3 Å². The number of hydrogen-bond donors (Lipinski definition) is 0. The van der Waals surface area contributed by atoms with Crippen LogP contribution in [0.2, 0.25) is 0 Å². The van der Waals surface area contributed by atoms with Gasteiger partial charge in [-0.1, -0.05) is 66.7 Å². The molecular weight excluding hydrogens is 784 g/mol. The first kappa shape index (κ1) is 36.3. The van der Waals surface area contributed by atoms with Gasteiger partial charge in [0.15, 0.2) is 17.2 Å². The Balaban J connectivity index is 0.000000295. The SMILES string of the molecule is FC(F)(F)c1[c-]c(-c2ccccn2)cc(C(F)(F)F)c1.[CH3-].[Ir].c1ccc(O[PH+](Oc2ccccc2)Oc2ccccc2)cc1. The normalized spacial score (nSPS) is 10.8. The number of aromatic nitrogens is 1. The smallest absolute Gasteiger partial charge is 0.358 e. The van der Waals surface area contributed by atoms with Crippen molar-refractivity contribution in [2.45, 2.75) is 12.4 Å². The quantitative estimate of drug-likeness (QED) is 0.0933. The molecular formula is C32H25F6IrNO3P-. The molecule has 0 amide bonds. The van der Waals surface area contributed by atoms with Gasteiger partial charge < -0.3 is 12.4 Å². The zero-order valence-corrected chi connectivity index (χ0v) is 26.3. The molecule has 0 bridgehead atoms. The molecule has 12 heteroatoms. The van der Waals surface area contributed by atoms with Crippen molar-refractivity contribution < 1.29 is 60.0 Å². The van der Waals surface area contributed by atoms with E-state index in [1.54, 1.807) is 0 Å². The summed E-state index contributed by atoms with van der Waals surface area (Å²) < 4.78 is 93.5. The Morgan fingerprint density at radius 2 is 1.00 bits per heavy atom. The van der Waals surface area contributed by atoms with Crippen LogP contribution in [0.3, 0.4) is 0 Å². The van der Waals surface area contributed by atoms with Crippen molar-refractivity contribution in [2.75, 3.05) is 0 Å². The van der Waals surface area contributed by atoms with Crippen LogP contribution >= 0.6 is 8.60 Å². The van der Waals surface area contributed by atoms with Crippen LogP contribution < -0.4 is 13.6 Å². The fraction of sp³-hybridized carbons (Fsp3) is 0.0625. The van der Waals surface area contributed by atoms with Crippen LogP contribution in [0.1, 0.15) is 11.1 Å². The fourth-order valence-corrected chi connectivity index (χ4v) is 4.47. The van der Waals surface area contributed by atoms with Crippen LogP contribution in [0.25, 0.3) is 11.3 Å². The largest absolute Gasteiger partial charge is 0.528 e. The molecule has 1 aromatic heterocycles. The summed E-state index contributed by atoms with van der Waals surface area (Å²) in [5.74, 6) is 2.18.